The molecule has 20 heavy (non-hydrogen) atoms. The van der Waals surface area contributed by atoms with E-state index in [0.29, 0.717) is 25.2 Å². The summed E-state index contributed by atoms with van der Waals surface area (Å²) < 4.78 is 19.1. The van der Waals surface area contributed by atoms with E-state index in [-0.39, 0.29) is 12.4 Å². The van der Waals surface area contributed by atoms with Gasteiger partial charge in [0.15, 0.2) is 0 Å². The lowest BCUT2D eigenvalue weighted by molar-refractivity contribution is 0.109. The molecule has 0 aliphatic heterocycles. The van der Waals surface area contributed by atoms with Crippen LogP contribution >= 0.6 is 11.3 Å². The second-order valence-electron chi connectivity index (χ2n) is 4.16. The molecule has 0 spiro atoms. The smallest absolute Gasteiger partial charge is 0.138 e. The molecule has 0 radical (unpaired) electrons. The Hall–Kier alpha value is -1.67. The van der Waals surface area contributed by atoms with Crippen LogP contribution in [0.15, 0.2) is 35.7 Å². The van der Waals surface area contributed by atoms with Crippen LogP contribution in [0.3, 0.4) is 0 Å². The van der Waals surface area contributed by atoms with Crippen molar-refractivity contribution in [2.45, 2.75) is 19.6 Å². The van der Waals surface area contributed by atoms with E-state index in [0.717, 1.165) is 10.4 Å². The third kappa shape index (κ3) is 4.46. The summed E-state index contributed by atoms with van der Waals surface area (Å²) >= 11 is 1.65. The molecule has 0 fully saturated rings. The summed E-state index contributed by atoms with van der Waals surface area (Å²) in [6.45, 7) is 0.964. The molecule has 1 N–H and O–H groups in total. The van der Waals surface area contributed by atoms with E-state index in [1.54, 1.807) is 23.5 Å². The molecular formula is C16H15FO2S. The van der Waals surface area contributed by atoms with Crippen LogP contribution in [0.5, 0.6) is 0 Å². The third-order valence-corrected chi connectivity index (χ3v) is 3.43. The van der Waals surface area contributed by atoms with Crippen molar-refractivity contribution in [2.75, 3.05) is 6.61 Å². The first kappa shape index (κ1) is 14.7. The molecule has 0 saturated heterocycles. The van der Waals surface area contributed by atoms with Gasteiger partial charge in [-0.05, 0) is 29.1 Å². The van der Waals surface area contributed by atoms with E-state index in [9.17, 15) is 4.39 Å². The first-order valence-electron chi connectivity index (χ1n) is 6.28. The predicted octanol–water partition coefficient (Wildman–Crippen LogP) is 3.34. The minimum absolute atomic E-state index is 0.0156. The zero-order chi connectivity index (χ0) is 14.2. The summed E-state index contributed by atoms with van der Waals surface area (Å²) in [4.78, 5) is 1.16. The molecule has 0 aliphatic rings. The van der Waals surface area contributed by atoms with Gasteiger partial charge in [-0.15, -0.1) is 11.3 Å². The summed E-state index contributed by atoms with van der Waals surface area (Å²) in [5.41, 5.74) is 1.23. The van der Waals surface area contributed by atoms with Crippen molar-refractivity contribution in [3.63, 3.8) is 0 Å². The number of hydrogen-bond acceptors (Lipinski definition) is 3. The van der Waals surface area contributed by atoms with Crippen LogP contribution in [-0.4, -0.2) is 11.7 Å². The van der Waals surface area contributed by atoms with Crippen LogP contribution in [0.4, 0.5) is 4.39 Å². The number of aliphatic hydroxyl groups is 1. The Kier molecular flexibility index (Phi) is 5.75. The molecule has 104 valence electrons. The Bertz CT molecular complexity index is 597. The van der Waals surface area contributed by atoms with Crippen LogP contribution in [0.25, 0.3) is 0 Å². The molecule has 0 aliphatic carbocycles. The minimum atomic E-state index is -0.350. The predicted molar refractivity (Wildman–Crippen MR) is 77.8 cm³/mol. The maximum atomic E-state index is 13.5. The molecule has 0 amide bonds. The lowest BCUT2D eigenvalue weighted by Crippen LogP contribution is -1.94. The Balaban J connectivity index is 1.95. The second kappa shape index (κ2) is 7.81. The number of thiophene rings is 1. The van der Waals surface area contributed by atoms with Gasteiger partial charge in [-0.25, -0.2) is 4.39 Å². The van der Waals surface area contributed by atoms with Gasteiger partial charge in [0, 0.05) is 11.3 Å². The van der Waals surface area contributed by atoms with Crippen molar-refractivity contribution in [1.82, 2.24) is 0 Å². The first-order chi connectivity index (χ1) is 9.79. The van der Waals surface area contributed by atoms with Gasteiger partial charge in [0.1, 0.15) is 5.82 Å². The van der Waals surface area contributed by atoms with Crippen molar-refractivity contribution in [2.24, 2.45) is 0 Å². The zero-order valence-corrected chi connectivity index (χ0v) is 11.8. The lowest BCUT2D eigenvalue weighted by Gasteiger charge is -2.04. The molecule has 2 aromatic rings. The van der Waals surface area contributed by atoms with E-state index in [2.05, 4.69) is 11.8 Å². The Labute approximate surface area is 121 Å². The summed E-state index contributed by atoms with van der Waals surface area (Å²) in [5, 5.41) is 10.7. The normalized spacial score (nSPS) is 10.1. The molecule has 0 bridgehead atoms. The topological polar surface area (TPSA) is 29.5 Å². The zero-order valence-electron chi connectivity index (χ0n) is 10.9. The van der Waals surface area contributed by atoms with Crippen molar-refractivity contribution in [3.8, 4) is 11.8 Å². The van der Waals surface area contributed by atoms with Gasteiger partial charge >= 0.3 is 0 Å². The Morgan fingerprint density at radius 3 is 2.90 bits per heavy atom. The molecule has 1 aromatic heterocycles. The largest absolute Gasteiger partial charge is 0.395 e. The summed E-state index contributed by atoms with van der Waals surface area (Å²) in [6, 6.07) is 8.78. The van der Waals surface area contributed by atoms with Gasteiger partial charge in [-0.2, -0.15) is 0 Å². The fourth-order valence-electron chi connectivity index (χ4n) is 1.64. The van der Waals surface area contributed by atoms with E-state index in [1.165, 1.54) is 6.07 Å². The molecular weight excluding hydrogens is 275 g/mol. The summed E-state index contributed by atoms with van der Waals surface area (Å²) in [5.74, 6) is 5.09. The second-order valence-corrected chi connectivity index (χ2v) is 5.19. The van der Waals surface area contributed by atoms with Crippen LogP contribution in [0.1, 0.15) is 22.4 Å². The molecule has 4 heteroatoms. The van der Waals surface area contributed by atoms with Gasteiger partial charge in [-0.3, -0.25) is 0 Å². The SMILES string of the molecule is OCCC#Cc1cc(COCc2cccs2)ccc1F. The van der Waals surface area contributed by atoms with Crippen LogP contribution < -0.4 is 0 Å². The standard InChI is InChI=1S/C16H15FO2S/c17-16-7-6-13(10-14(16)4-1-2-8-18)11-19-12-15-5-3-9-20-15/h3,5-7,9-10,18H,2,8,11-12H2. The number of ether oxygens (including phenoxy) is 1. The van der Waals surface area contributed by atoms with Crippen LogP contribution in [0.2, 0.25) is 0 Å². The fourth-order valence-corrected chi connectivity index (χ4v) is 2.28. The summed E-state index contributed by atoms with van der Waals surface area (Å²) in [6.07, 6.45) is 0.346. The van der Waals surface area contributed by atoms with E-state index in [4.69, 9.17) is 9.84 Å². The van der Waals surface area contributed by atoms with Crippen LogP contribution in [0, 0.1) is 17.7 Å². The maximum absolute atomic E-state index is 13.5. The van der Waals surface area contributed by atoms with Crippen LogP contribution in [-0.2, 0) is 18.0 Å². The molecule has 0 atom stereocenters. The highest BCUT2D eigenvalue weighted by molar-refractivity contribution is 7.09. The Morgan fingerprint density at radius 1 is 1.25 bits per heavy atom. The van der Waals surface area contributed by atoms with Crippen molar-refractivity contribution in [3.05, 3.63) is 57.5 Å². The van der Waals surface area contributed by atoms with E-state index < -0.39 is 0 Å². The average Bonchev–Trinajstić information content (AvgIpc) is 2.95. The van der Waals surface area contributed by atoms with E-state index in [1.807, 2.05) is 17.5 Å². The van der Waals surface area contributed by atoms with Gasteiger partial charge in [0.2, 0.25) is 0 Å². The van der Waals surface area contributed by atoms with E-state index >= 15 is 0 Å². The summed E-state index contributed by atoms with van der Waals surface area (Å²) in [7, 11) is 0. The lowest BCUT2D eigenvalue weighted by atomic mass is 10.1. The van der Waals surface area contributed by atoms with Crippen molar-refractivity contribution >= 4 is 11.3 Å². The molecule has 2 rings (SSSR count). The highest BCUT2D eigenvalue weighted by Crippen LogP contribution is 2.13. The maximum Gasteiger partial charge on any atom is 0.138 e. The van der Waals surface area contributed by atoms with Crippen molar-refractivity contribution in [1.29, 1.82) is 0 Å². The van der Waals surface area contributed by atoms with Gasteiger partial charge < -0.3 is 9.84 Å². The fraction of sp³-hybridized carbons (Fsp3) is 0.250. The molecule has 0 saturated carbocycles. The number of benzene rings is 1. The molecule has 1 heterocycles. The number of aliphatic hydroxyl groups excluding tert-OH is 1. The quantitative estimate of drug-likeness (QED) is 0.856. The van der Waals surface area contributed by atoms with Gasteiger partial charge in [-0.1, -0.05) is 24.0 Å². The highest BCUT2D eigenvalue weighted by Gasteiger charge is 2.02. The highest BCUT2D eigenvalue weighted by atomic mass is 32.1. The van der Waals surface area contributed by atoms with Gasteiger partial charge in [0.25, 0.3) is 0 Å². The molecule has 1 aromatic carbocycles. The number of hydrogen-bond donors (Lipinski definition) is 1. The number of halogens is 1. The molecule has 2 nitrogen and oxygen atoms in total. The monoisotopic (exact) mass is 290 g/mol. The molecule has 0 unspecified atom stereocenters. The average molecular weight is 290 g/mol. The number of rotatable bonds is 5. The Morgan fingerprint density at radius 2 is 2.15 bits per heavy atom. The first-order valence-corrected chi connectivity index (χ1v) is 7.16. The van der Waals surface area contributed by atoms with Crippen molar-refractivity contribution < 1.29 is 14.2 Å². The minimum Gasteiger partial charge on any atom is -0.395 e. The third-order valence-electron chi connectivity index (χ3n) is 2.58. The van der Waals surface area contributed by atoms with Gasteiger partial charge in [0.05, 0.1) is 25.4 Å².